The Balaban J connectivity index is 1.90. The van der Waals surface area contributed by atoms with Gasteiger partial charge in [-0.25, -0.2) is 4.68 Å². The summed E-state index contributed by atoms with van der Waals surface area (Å²) in [4.78, 5) is 17.6. The van der Waals surface area contributed by atoms with E-state index in [-0.39, 0.29) is 11.8 Å². The van der Waals surface area contributed by atoms with Crippen LogP contribution in [0.1, 0.15) is 44.7 Å². The third-order valence-electron chi connectivity index (χ3n) is 4.97. The number of benzene rings is 1. The van der Waals surface area contributed by atoms with Gasteiger partial charge in [-0.2, -0.15) is 4.98 Å². The number of ketones is 1. The maximum absolute atomic E-state index is 12.9. The van der Waals surface area contributed by atoms with Gasteiger partial charge in [0.05, 0.1) is 18.2 Å². The molecule has 1 aromatic heterocycles. The van der Waals surface area contributed by atoms with Gasteiger partial charge in [-0.3, -0.25) is 4.79 Å². The first kappa shape index (κ1) is 20.3. The van der Waals surface area contributed by atoms with Gasteiger partial charge >= 0.3 is 0 Å². The van der Waals surface area contributed by atoms with Crippen molar-refractivity contribution in [3.8, 4) is 11.5 Å². The fourth-order valence-electron chi connectivity index (χ4n) is 3.84. The Morgan fingerprint density at radius 2 is 2.17 bits per heavy atom. The predicted octanol–water partition coefficient (Wildman–Crippen LogP) is 4.58. The topological polar surface area (TPSA) is 78.3 Å². The SMILES string of the molecule is CCOc1cc(C2C3=C(CCCC3=O)Nc3nc(SCC)nn32)cc(Br)c1OC. The van der Waals surface area contributed by atoms with Crippen LogP contribution in [0.5, 0.6) is 11.5 Å². The molecule has 1 aliphatic carbocycles. The number of carbonyl (C=O) groups excluding carboxylic acids is 1. The number of carbonyl (C=O) groups is 1. The van der Waals surface area contributed by atoms with E-state index in [2.05, 4.69) is 33.2 Å². The Hall–Kier alpha value is -2.00. The van der Waals surface area contributed by atoms with E-state index in [0.29, 0.717) is 35.6 Å². The van der Waals surface area contributed by atoms with Crippen LogP contribution in [-0.4, -0.2) is 40.0 Å². The number of aromatic nitrogens is 3. The van der Waals surface area contributed by atoms with Gasteiger partial charge in [-0.1, -0.05) is 18.7 Å². The van der Waals surface area contributed by atoms with Crippen LogP contribution in [0.4, 0.5) is 5.95 Å². The number of fused-ring (bicyclic) bond motifs is 1. The van der Waals surface area contributed by atoms with Crippen LogP contribution in [0.3, 0.4) is 0 Å². The van der Waals surface area contributed by atoms with Crippen molar-refractivity contribution in [1.29, 1.82) is 0 Å². The zero-order chi connectivity index (χ0) is 20.5. The molecule has 29 heavy (non-hydrogen) atoms. The highest BCUT2D eigenvalue weighted by Gasteiger charge is 2.37. The highest BCUT2D eigenvalue weighted by molar-refractivity contribution is 9.10. The highest BCUT2D eigenvalue weighted by Crippen LogP contribution is 2.44. The maximum atomic E-state index is 12.9. The molecule has 7 nitrogen and oxygen atoms in total. The second-order valence-electron chi connectivity index (χ2n) is 6.76. The number of methoxy groups -OCH3 is 1. The molecule has 0 radical (unpaired) electrons. The molecule has 154 valence electrons. The fourth-order valence-corrected chi connectivity index (χ4v) is 5.02. The van der Waals surface area contributed by atoms with E-state index in [4.69, 9.17) is 14.6 Å². The normalized spacial score (nSPS) is 18.2. The molecular formula is C20H23BrN4O3S. The van der Waals surface area contributed by atoms with Crippen LogP contribution in [0.15, 0.2) is 33.0 Å². The number of Topliss-reactive ketones (excluding diaryl/α,β-unsaturated/α-hetero) is 1. The van der Waals surface area contributed by atoms with E-state index in [9.17, 15) is 4.79 Å². The van der Waals surface area contributed by atoms with Gasteiger partial charge in [0.15, 0.2) is 17.3 Å². The Labute approximate surface area is 182 Å². The zero-order valence-corrected chi connectivity index (χ0v) is 19.0. The summed E-state index contributed by atoms with van der Waals surface area (Å²) in [7, 11) is 1.61. The van der Waals surface area contributed by atoms with Crippen LogP contribution in [0, 0.1) is 0 Å². The maximum Gasteiger partial charge on any atom is 0.227 e. The van der Waals surface area contributed by atoms with E-state index in [1.54, 1.807) is 18.9 Å². The van der Waals surface area contributed by atoms with Gasteiger partial charge < -0.3 is 14.8 Å². The van der Waals surface area contributed by atoms with Gasteiger partial charge in [0.2, 0.25) is 11.1 Å². The molecule has 4 rings (SSSR count). The molecule has 0 bridgehead atoms. The lowest BCUT2D eigenvalue weighted by atomic mass is 9.85. The Bertz CT molecular complexity index is 988. The van der Waals surface area contributed by atoms with Gasteiger partial charge in [0.25, 0.3) is 0 Å². The van der Waals surface area contributed by atoms with Crippen molar-refractivity contribution in [2.75, 3.05) is 24.8 Å². The van der Waals surface area contributed by atoms with Crippen LogP contribution in [0.2, 0.25) is 0 Å². The third-order valence-corrected chi connectivity index (χ3v) is 6.28. The second kappa shape index (κ2) is 8.39. The van der Waals surface area contributed by atoms with Crippen LogP contribution in [-0.2, 0) is 4.79 Å². The van der Waals surface area contributed by atoms with E-state index in [1.165, 1.54) is 0 Å². The number of hydrogen-bond donors (Lipinski definition) is 1. The summed E-state index contributed by atoms with van der Waals surface area (Å²) in [5.74, 6) is 2.97. The van der Waals surface area contributed by atoms with Crippen molar-refractivity contribution in [2.45, 2.75) is 44.3 Å². The molecule has 1 aliphatic heterocycles. The third kappa shape index (κ3) is 3.66. The number of hydrogen-bond acceptors (Lipinski definition) is 7. The van der Waals surface area contributed by atoms with E-state index >= 15 is 0 Å². The number of rotatable bonds is 6. The first-order valence-electron chi connectivity index (χ1n) is 9.70. The van der Waals surface area contributed by atoms with Crippen molar-refractivity contribution in [3.63, 3.8) is 0 Å². The summed E-state index contributed by atoms with van der Waals surface area (Å²) in [6, 6.07) is 3.56. The van der Waals surface area contributed by atoms with Crippen molar-refractivity contribution >= 4 is 39.4 Å². The standard InChI is InChI=1S/C20H23BrN4O3S/c1-4-28-15-10-11(9-12(21)18(15)27-3)17-16-13(7-6-8-14(16)26)22-19-23-20(29-5-2)24-25(17)19/h9-10,17H,4-8H2,1-3H3,(H,22,23,24). The molecule has 0 saturated heterocycles. The van der Waals surface area contributed by atoms with Crippen molar-refractivity contribution in [1.82, 2.24) is 14.8 Å². The molecule has 0 saturated carbocycles. The monoisotopic (exact) mass is 478 g/mol. The number of anilines is 1. The predicted molar refractivity (Wildman–Crippen MR) is 116 cm³/mol. The molecule has 9 heteroatoms. The summed E-state index contributed by atoms with van der Waals surface area (Å²) < 4.78 is 13.9. The van der Waals surface area contributed by atoms with Crippen molar-refractivity contribution < 1.29 is 14.3 Å². The average molecular weight is 479 g/mol. The van der Waals surface area contributed by atoms with Gasteiger partial charge in [0, 0.05) is 17.7 Å². The molecule has 0 amide bonds. The van der Waals surface area contributed by atoms with Gasteiger partial charge in [-0.05, 0) is 59.1 Å². The second-order valence-corrected chi connectivity index (χ2v) is 8.84. The lowest BCUT2D eigenvalue weighted by Gasteiger charge is -2.32. The van der Waals surface area contributed by atoms with Crippen molar-refractivity contribution in [3.05, 3.63) is 33.4 Å². The Kier molecular flexibility index (Phi) is 5.87. The molecule has 2 aliphatic rings. The summed E-state index contributed by atoms with van der Waals surface area (Å²) in [6.45, 7) is 4.51. The minimum Gasteiger partial charge on any atom is -0.492 e. The molecule has 1 atom stereocenters. The van der Waals surface area contributed by atoms with E-state index < -0.39 is 0 Å². The molecule has 2 heterocycles. The van der Waals surface area contributed by atoms with Gasteiger partial charge in [0.1, 0.15) is 6.04 Å². The largest absolute Gasteiger partial charge is 0.492 e. The number of thioether (sulfide) groups is 1. The Morgan fingerprint density at radius 3 is 2.90 bits per heavy atom. The molecule has 2 aromatic rings. The number of ether oxygens (including phenoxy) is 2. The molecule has 1 aromatic carbocycles. The zero-order valence-electron chi connectivity index (χ0n) is 16.6. The first-order valence-corrected chi connectivity index (χ1v) is 11.5. The number of halogens is 1. The minimum absolute atomic E-state index is 0.152. The lowest BCUT2D eigenvalue weighted by molar-refractivity contribution is -0.116. The molecule has 0 fully saturated rings. The summed E-state index contributed by atoms with van der Waals surface area (Å²) in [5, 5.41) is 8.75. The lowest BCUT2D eigenvalue weighted by Crippen LogP contribution is -2.31. The van der Waals surface area contributed by atoms with Crippen molar-refractivity contribution in [2.24, 2.45) is 0 Å². The van der Waals surface area contributed by atoms with Crippen LogP contribution < -0.4 is 14.8 Å². The van der Waals surface area contributed by atoms with E-state index in [0.717, 1.165) is 39.9 Å². The number of allylic oxidation sites excluding steroid dienone is 2. The Morgan fingerprint density at radius 1 is 1.34 bits per heavy atom. The smallest absolute Gasteiger partial charge is 0.227 e. The first-order chi connectivity index (χ1) is 14.1. The highest BCUT2D eigenvalue weighted by atomic mass is 79.9. The summed E-state index contributed by atoms with van der Waals surface area (Å²) in [6.07, 6.45) is 2.22. The van der Waals surface area contributed by atoms with Gasteiger partial charge in [-0.15, -0.1) is 5.10 Å². The molecule has 1 N–H and O–H groups in total. The van der Waals surface area contributed by atoms with Crippen LogP contribution >= 0.6 is 27.7 Å². The molecule has 0 spiro atoms. The fraction of sp³-hybridized carbons (Fsp3) is 0.450. The number of nitrogens with zero attached hydrogens (tertiary/aromatic N) is 3. The van der Waals surface area contributed by atoms with Crippen LogP contribution in [0.25, 0.3) is 0 Å². The molecular weight excluding hydrogens is 456 g/mol. The molecule has 1 unspecified atom stereocenters. The van der Waals surface area contributed by atoms with E-state index in [1.807, 2.05) is 23.7 Å². The number of nitrogens with one attached hydrogen (secondary N) is 1. The minimum atomic E-state index is -0.353. The summed E-state index contributed by atoms with van der Waals surface area (Å²) in [5.41, 5.74) is 2.62. The quantitative estimate of drug-likeness (QED) is 0.608. The average Bonchev–Trinajstić information content (AvgIpc) is 3.09. The summed E-state index contributed by atoms with van der Waals surface area (Å²) >= 11 is 5.18.